The summed E-state index contributed by atoms with van der Waals surface area (Å²) < 4.78 is 49.8. The van der Waals surface area contributed by atoms with E-state index in [2.05, 4.69) is 25.2 Å². The number of unbranched alkanes of at least 4 members (excludes halogenated alkanes) is 2. The molecule has 0 amide bonds. The van der Waals surface area contributed by atoms with Crippen molar-refractivity contribution >= 4 is 5.57 Å². The minimum atomic E-state index is -0.972. The topological polar surface area (TPSA) is 9.23 Å². The van der Waals surface area contributed by atoms with Crippen molar-refractivity contribution in [3.8, 4) is 28.0 Å². The summed E-state index contributed by atoms with van der Waals surface area (Å²) in [6.07, 6.45) is 12.1. The third-order valence-electron chi connectivity index (χ3n) is 6.81. The number of ether oxygens (including phenoxy) is 1. The zero-order chi connectivity index (χ0) is 25.5. The summed E-state index contributed by atoms with van der Waals surface area (Å²) in [6, 6.07) is 15.4. The minimum Gasteiger partial charge on any atom is -0.490 e. The predicted octanol–water partition coefficient (Wildman–Crippen LogP) is 9.77. The van der Waals surface area contributed by atoms with Crippen LogP contribution in [-0.2, 0) is 0 Å². The van der Waals surface area contributed by atoms with E-state index in [1.165, 1.54) is 12.1 Å². The molecule has 1 atom stereocenters. The van der Waals surface area contributed by atoms with Crippen LogP contribution in [0.25, 0.3) is 27.8 Å². The second-order valence-electron chi connectivity index (χ2n) is 9.36. The van der Waals surface area contributed by atoms with Crippen molar-refractivity contribution in [3.63, 3.8) is 0 Å². The third-order valence-corrected chi connectivity index (χ3v) is 6.81. The van der Waals surface area contributed by atoms with E-state index in [1.54, 1.807) is 30.3 Å². The van der Waals surface area contributed by atoms with E-state index in [0.29, 0.717) is 23.7 Å². The number of halogens is 3. The van der Waals surface area contributed by atoms with Crippen LogP contribution in [0.15, 0.2) is 72.8 Å². The number of rotatable bonds is 9. The summed E-state index contributed by atoms with van der Waals surface area (Å²) in [5, 5.41) is 0. The second-order valence-corrected chi connectivity index (χ2v) is 9.36. The SMILES string of the molecule is C/C=C/C1CC=C(c2ccc(-c3ccc(-c4ccc(OCCCCC)c(F)c4F)cc3)cc2F)CC1. The molecule has 4 rings (SSSR count). The Morgan fingerprint density at radius 2 is 1.58 bits per heavy atom. The zero-order valence-electron chi connectivity index (χ0n) is 21.0. The van der Waals surface area contributed by atoms with Gasteiger partial charge in [0.1, 0.15) is 5.82 Å². The summed E-state index contributed by atoms with van der Waals surface area (Å²) in [4.78, 5) is 0. The lowest BCUT2D eigenvalue weighted by molar-refractivity contribution is 0.286. The standard InChI is InChI=1S/C32H33F3O/c1-3-5-6-20-36-30-19-18-28(31(34)32(30)35)25-14-12-23(13-15-25)26-16-17-27(29(33)21-26)24-10-8-22(7-4-2)9-11-24/h4,7,10,12-19,21-22H,3,5-6,8-9,11,20H2,1-2H3/b7-4+. The first-order valence-corrected chi connectivity index (χ1v) is 12.8. The molecule has 1 nitrogen and oxygen atoms in total. The maximum atomic E-state index is 15.0. The molecular formula is C32H33F3O. The Morgan fingerprint density at radius 3 is 2.25 bits per heavy atom. The van der Waals surface area contributed by atoms with Gasteiger partial charge >= 0.3 is 0 Å². The van der Waals surface area contributed by atoms with E-state index in [1.807, 2.05) is 19.1 Å². The van der Waals surface area contributed by atoms with Crippen LogP contribution >= 0.6 is 0 Å². The van der Waals surface area contributed by atoms with E-state index in [0.717, 1.165) is 55.2 Å². The van der Waals surface area contributed by atoms with Crippen LogP contribution in [0.2, 0.25) is 0 Å². The Kier molecular flexibility index (Phi) is 8.69. The molecule has 0 N–H and O–H groups in total. The lowest BCUT2D eigenvalue weighted by Crippen LogP contribution is -2.03. The highest BCUT2D eigenvalue weighted by Gasteiger charge is 2.18. The fourth-order valence-electron chi connectivity index (χ4n) is 4.74. The Labute approximate surface area is 212 Å². The van der Waals surface area contributed by atoms with Crippen LogP contribution < -0.4 is 4.74 Å². The van der Waals surface area contributed by atoms with Gasteiger partial charge in [0, 0.05) is 11.1 Å². The van der Waals surface area contributed by atoms with Crippen molar-refractivity contribution in [1.82, 2.24) is 0 Å². The maximum absolute atomic E-state index is 15.0. The molecule has 0 aliphatic heterocycles. The molecule has 0 spiro atoms. The van der Waals surface area contributed by atoms with Crippen LogP contribution in [0.1, 0.15) is 57.9 Å². The second kappa shape index (κ2) is 12.1. The Bertz CT molecular complexity index is 1240. The van der Waals surface area contributed by atoms with Crippen LogP contribution in [-0.4, -0.2) is 6.61 Å². The monoisotopic (exact) mass is 490 g/mol. The first-order chi connectivity index (χ1) is 17.5. The van der Waals surface area contributed by atoms with Gasteiger partial charge in [0.15, 0.2) is 11.6 Å². The molecule has 0 bridgehead atoms. The number of hydrogen-bond acceptors (Lipinski definition) is 1. The highest BCUT2D eigenvalue weighted by Crippen LogP contribution is 2.35. The highest BCUT2D eigenvalue weighted by molar-refractivity contribution is 5.74. The van der Waals surface area contributed by atoms with Gasteiger partial charge < -0.3 is 4.74 Å². The molecule has 3 aromatic carbocycles. The molecule has 0 aromatic heterocycles. The fraction of sp³-hybridized carbons (Fsp3) is 0.312. The molecule has 1 unspecified atom stereocenters. The first-order valence-electron chi connectivity index (χ1n) is 12.8. The minimum absolute atomic E-state index is 0.0648. The highest BCUT2D eigenvalue weighted by atomic mass is 19.2. The Balaban J connectivity index is 1.49. The van der Waals surface area contributed by atoms with Gasteiger partial charge in [-0.15, -0.1) is 0 Å². The van der Waals surface area contributed by atoms with Gasteiger partial charge in [-0.05, 0) is 79.0 Å². The number of benzene rings is 3. The van der Waals surface area contributed by atoms with Crippen molar-refractivity contribution < 1.29 is 17.9 Å². The van der Waals surface area contributed by atoms with Gasteiger partial charge in [-0.2, -0.15) is 4.39 Å². The summed E-state index contributed by atoms with van der Waals surface area (Å²) >= 11 is 0. The quantitative estimate of drug-likeness (QED) is 0.214. The Hall–Kier alpha value is -3.27. The van der Waals surface area contributed by atoms with E-state index in [9.17, 15) is 8.78 Å². The average molecular weight is 491 g/mol. The van der Waals surface area contributed by atoms with E-state index >= 15 is 4.39 Å². The summed E-state index contributed by atoms with van der Waals surface area (Å²) in [6.45, 7) is 4.46. The lowest BCUT2D eigenvalue weighted by atomic mass is 9.86. The lowest BCUT2D eigenvalue weighted by Gasteiger charge is -2.20. The van der Waals surface area contributed by atoms with E-state index in [-0.39, 0.29) is 17.1 Å². The summed E-state index contributed by atoms with van der Waals surface area (Å²) in [7, 11) is 0. The number of allylic oxidation sites excluding steroid dienone is 4. The van der Waals surface area contributed by atoms with Gasteiger partial charge in [-0.1, -0.05) is 74.4 Å². The predicted molar refractivity (Wildman–Crippen MR) is 142 cm³/mol. The molecule has 1 aliphatic carbocycles. The zero-order valence-corrected chi connectivity index (χ0v) is 21.0. The molecule has 4 heteroatoms. The van der Waals surface area contributed by atoms with Crippen LogP contribution in [0.3, 0.4) is 0 Å². The van der Waals surface area contributed by atoms with Crippen LogP contribution in [0, 0.1) is 23.4 Å². The van der Waals surface area contributed by atoms with Gasteiger partial charge in [0.05, 0.1) is 6.61 Å². The Morgan fingerprint density at radius 1 is 0.861 bits per heavy atom. The molecular weight excluding hydrogens is 457 g/mol. The van der Waals surface area contributed by atoms with Crippen LogP contribution in [0.5, 0.6) is 5.75 Å². The van der Waals surface area contributed by atoms with Gasteiger partial charge in [0.2, 0.25) is 5.82 Å². The van der Waals surface area contributed by atoms with Gasteiger partial charge in [-0.25, -0.2) is 8.78 Å². The van der Waals surface area contributed by atoms with Gasteiger partial charge in [0.25, 0.3) is 0 Å². The maximum Gasteiger partial charge on any atom is 0.201 e. The number of hydrogen-bond donors (Lipinski definition) is 0. The normalized spacial score (nSPS) is 15.8. The molecule has 36 heavy (non-hydrogen) atoms. The smallest absolute Gasteiger partial charge is 0.201 e. The summed E-state index contributed by atoms with van der Waals surface area (Å²) in [5.41, 5.74) is 3.99. The van der Waals surface area contributed by atoms with E-state index < -0.39 is 11.6 Å². The molecule has 0 saturated carbocycles. The van der Waals surface area contributed by atoms with Crippen LogP contribution in [0.4, 0.5) is 13.2 Å². The van der Waals surface area contributed by atoms with Crippen molar-refractivity contribution in [2.45, 2.75) is 52.4 Å². The molecule has 0 heterocycles. The largest absolute Gasteiger partial charge is 0.490 e. The van der Waals surface area contributed by atoms with E-state index in [4.69, 9.17) is 4.74 Å². The van der Waals surface area contributed by atoms with Crippen molar-refractivity contribution in [2.75, 3.05) is 6.61 Å². The molecule has 1 aliphatic rings. The molecule has 188 valence electrons. The third kappa shape index (κ3) is 5.92. The fourth-order valence-corrected chi connectivity index (χ4v) is 4.74. The first kappa shape index (κ1) is 25.8. The molecule has 3 aromatic rings. The molecule has 0 saturated heterocycles. The molecule has 0 radical (unpaired) electrons. The van der Waals surface area contributed by atoms with Crippen molar-refractivity contribution in [1.29, 1.82) is 0 Å². The average Bonchev–Trinajstić information content (AvgIpc) is 2.90. The molecule has 0 fully saturated rings. The van der Waals surface area contributed by atoms with Crippen molar-refractivity contribution in [2.24, 2.45) is 5.92 Å². The summed E-state index contributed by atoms with van der Waals surface area (Å²) in [5.74, 6) is -1.67. The van der Waals surface area contributed by atoms with Crippen molar-refractivity contribution in [3.05, 3.63) is 95.8 Å². The van der Waals surface area contributed by atoms with Gasteiger partial charge in [-0.3, -0.25) is 0 Å².